The van der Waals surface area contributed by atoms with Gasteiger partial charge >= 0.3 is 0 Å². The van der Waals surface area contributed by atoms with Crippen molar-refractivity contribution < 1.29 is 0 Å². The highest BCUT2D eigenvalue weighted by molar-refractivity contribution is 8.13. The van der Waals surface area contributed by atoms with Crippen LogP contribution in [0.15, 0.2) is 0 Å². The van der Waals surface area contributed by atoms with E-state index in [2.05, 4.69) is 6.92 Å². The molecule has 0 saturated carbocycles. The maximum atomic E-state index is 7.20. The van der Waals surface area contributed by atoms with Crippen LogP contribution >= 0.6 is 11.8 Å². The summed E-state index contributed by atoms with van der Waals surface area (Å²) in [5.74, 6) is 1.02. The van der Waals surface area contributed by atoms with Crippen molar-refractivity contribution in [3.05, 3.63) is 0 Å². The summed E-state index contributed by atoms with van der Waals surface area (Å²) < 4.78 is 0. The maximum Gasteiger partial charge on any atom is 0.151 e. The molecule has 0 aliphatic heterocycles. The van der Waals surface area contributed by atoms with Gasteiger partial charge in [-0.15, -0.1) is 0 Å². The van der Waals surface area contributed by atoms with E-state index in [-0.39, 0.29) is 5.17 Å². The Balaban J connectivity index is 3.03. The zero-order valence-electron chi connectivity index (χ0n) is 27.7. The highest BCUT2D eigenvalue weighted by Gasteiger charge is 1.98. The Bertz CT molecular complexity index is 467. The summed E-state index contributed by atoms with van der Waals surface area (Å²) in [4.78, 5) is 0. The molecule has 0 aromatic carbocycles. The molecule has 0 atom stereocenters. The number of hydrogen-bond donors (Lipinski definition) is 2. The van der Waals surface area contributed by atoms with E-state index in [4.69, 9.17) is 11.1 Å². The summed E-state index contributed by atoms with van der Waals surface area (Å²) in [5, 5.41) is 7.47. The number of rotatable bonds is 35. The van der Waals surface area contributed by atoms with E-state index >= 15 is 0 Å². The third kappa shape index (κ3) is 37.8. The van der Waals surface area contributed by atoms with Crippen LogP contribution in [0.2, 0.25) is 0 Å². The van der Waals surface area contributed by atoms with Crippen molar-refractivity contribution in [1.82, 2.24) is 0 Å². The monoisotopic (exact) mass is 581 g/mol. The third-order valence-electron chi connectivity index (χ3n) is 8.76. The molecule has 0 amide bonds. The number of unbranched alkanes of at least 4 members (excludes halogenated alkanes) is 33. The first-order chi connectivity index (χ1) is 19.8. The van der Waals surface area contributed by atoms with Gasteiger partial charge in [-0.05, 0) is 6.42 Å². The lowest BCUT2D eigenvalue weighted by Gasteiger charge is -2.05. The predicted molar refractivity (Wildman–Crippen MR) is 187 cm³/mol. The molecule has 0 aliphatic rings. The van der Waals surface area contributed by atoms with Crippen molar-refractivity contribution in [1.29, 1.82) is 5.41 Å². The Morgan fingerprint density at radius 3 is 0.700 bits per heavy atom. The van der Waals surface area contributed by atoms with Crippen LogP contribution in [-0.2, 0) is 0 Å². The van der Waals surface area contributed by atoms with Crippen LogP contribution in [0, 0.1) is 5.41 Å². The van der Waals surface area contributed by atoms with Crippen molar-refractivity contribution in [2.24, 2.45) is 5.73 Å². The van der Waals surface area contributed by atoms with E-state index in [0.717, 1.165) is 5.75 Å². The molecule has 2 nitrogen and oxygen atoms in total. The van der Waals surface area contributed by atoms with Crippen LogP contribution < -0.4 is 5.73 Å². The van der Waals surface area contributed by atoms with Crippen molar-refractivity contribution in [3.8, 4) is 0 Å². The molecule has 0 aromatic rings. The van der Waals surface area contributed by atoms with Gasteiger partial charge in [0.2, 0.25) is 0 Å². The zero-order valence-corrected chi connectivity index (χ0v) is 28.6. The summed E-state index contributed by atoms with van der Waals surface area (Å²) in [6.07, 6.45) is 49.4. The van der Waals surface area contributed by atoms with E-state index in [0.29, 0.717) is 0 Å². The predicted octanol–water partition coefficient (Wildman–Crippen LogP) is 13.9. The van der Waals surface area contributed by atoms with Crippen molar-refractivity contribution >= 4 is 16.9 Å². The number of thioether (sulfide) groups is 1. The van der Waals surface area contributed by atoms with Crippen molar-refractivity contribution in [3.63, 3.8) is 0 Å². The Kier molecular flexibility index (Phi) is 36.7. The maximum absolute atomic E-state index is 7.20. The second-order valence-electron chi connectivity index (χ2n) is 12.9. The number of amidine groups is 1. The van der Waals surface area contributed by atoms with Crippen LogP contribution in [0.1, 0.15) is 225 Å². The smallest absolute Gasteiger partial charge is 0.151 e. The van der Waals surface area contributed by atoms with Gasteiger partial charge in [0.25, 0.3) is 0 Å². The van der Waals surface area contributed by atoms with Gasteiger partial charge in [0, 0.05) is 5.75 Å². The summed E-state index contributed by atoms with van der Waals surface area (Å²) >= 11 is 1.49. The minimum Gasteiger partial charge on any atom is -0.379 e. The van der Waals surface area contributed by atoms with Gasteiger partial charge in [-0.3, -0.25) is 5.41 Å². The first-order valence-corrected chi connectivity index (χ1v) is 19.7. The van der Waals surface area contributed by atoms with Gasteiger partial charge in [0.05, 0.1) is 0 Å². The Morgan fingerprint density at radius 1 is 0.350 bits per heavy atom. The fourth-order valence-corrected chi connectivity index (χ4v) is 6.58. The lowest BCUT2D eigenvalue weighted by atomic mass is 10.0. The first kappa shape index (κ1) is 39.8. The lowest BCUT2D eigenvalue weighted by molar-refractivity contribution is 0.511. The minimum absolute atomic E-state index is 0.269. The van der Waals surface area contributed by atoms with E-state index in [9.17, 15) is 0 Å². The van der Waals surface area contributed by atoms with Gasteiger partial charge in [0.1, 0.15) is 0 Å². The summed E-state index contributed by atoms with van der Waals surface area (Å²) in [6.45, 7) is 2.31. The van der Waals surface area contributed by atoms with E-state index in [1.54, 1.807) is 0 Å². The fraction of sp³-hybridized carbons (Fsp3) is 0.973. The van der Waals surface area contributed by atoms with Gasteiger partial charge in [-0.1, -0.05) is 231 Å². The largest absolute Gasteiger partial charge is 0.379 e. The van der Waals surface area contributed by atoms with Gasteiger partial charge in [-0.25, -0.2) is 0 Å². The highest BCUT2D eigenvalue weighted by Crippen LogP contribution is 2.17. The molecule has 0 spiro atoms. The molecule has 0 heterocycles. The molecule has 3 heteroatoms. The number of hydrogen-bond acceptors (Lipinski definition) is 2. The molecular weight excluding hydrogens is 504 g/mol. The van der Waals surface area contributed by atoms with Crippen molar-refractivity contribution in [2.45, 2.75) is 225 Å². The van der Waals surface area contributed by atoms with Gasteiger partial charge < -0.3 is 5.73 Å². The van der Waals surface area contributed by atoms with E-state index in [1.807, 2.05) is 0 Å². The van der Waals surface area contributed by atoms with Crippen molar-refractivity contribution in [2.75, 3.05) is 5.75 Å². The highest BCUT2D eigenvalue weighted by atomic mass is 32.2. The lowest BCUT2D eigenvalue weighted by Crippen LogP contribution is -2.04. The zero-order chi connectivity index (χ0) is 29.0. The average molecular weight is 581 g/mol. The van der Waals surface area contributed by atoms with E-state index < -0.39 is 0 Å². The van der Waals surface area contributed by atoms with Crippen LogP contribution in [0.4, 0.5) is 0 Å². The number of nitrogens with one attached hydrogen (secondary N) is 1. The SMILES string of the molecule is CCCCCCCCCCCCCCCCCCCCCCCCCCCCCCCCCCCCSC(=N)N. The molecule has 0 aliphatic carbocycles. The normalized spacial score (nSPS) is 11.4. The molecule has 0 unspecified atom stereocenters. The number of nitrogens with two attached hydrogens (primary N) is 1. The van der Waals surface area contributed by atoms with Crippen LogP contribution in [0.5, 0.6) is 0 Å². The second-order valence-corrected chi connectivity index (χ2v) is 14.0. The molecule has 0 aromatic heterocycles. The van der Waals surface area contributed by atoms with Crippen LogP contribution in [0.3, 0.4) is 0 Å². The summed E-state index contributed by atoms with van der Waals surface area (Å²) in [7, 11) is 0. The molecule has 0 radical (unpaired) electrons. The molecule has 0 rings (SSSR count). The Labute approximate surface area is 258 Å². The van der Waals surface area contributed by atoms with Gasteiger partial charge in [-0.2, -0.15) is 0 Å². The molecular formula is C37H76N2S. The first-order valence-electron chi connectivity index (χ1n) is 18.7. The Hall–Kier alpha value is -0.180. The molecule has 240 valence electrons. The summed E-state index contributed by atoms with van der Waals surface area (Å²) in [6, 6.07) is 0. The topological polar surface area (TPSA) is 49.9 Å². The second kappa shape index (κ2) is 36.8. The Morgan fingerprint density at radius 2 is 0.525 bits per heavy atom. The van der Waals surface area contributed by atoms with Gasteiger partial charge in [0.15, 0.2) is 5.17 Å². The third-order valence-corrected chi connectivity index (χ3v) is 9.56. The molecule has 0 fully saturated rings. The minimum atomic E-state index is 0.269. The quantitative estimate of drug-likeness (QED) is 0.0445. The van der Waals surface area contributed by atoms with Crippen LogP contribution in [0.25, 0.3) is 0 Å². The molecule has 0 bridgehead atoms. The molecule has 40 heavy (non-hydrogen) atoms. The fourth-order valence-electron chi connectivity index (χ4n) is 6.01. The standard InChI is InChI=1S/C37H76N2S/c1-2-3-4-5-6-7-8-9-10-11-12-13-14-15-16-17-18-19-20-21-22-23-24-25-26-27-28-29-30-31-32-33-34-35-36-40-37(38)39/h2-36H2,1H3,(H3,38,39). The van der Waals surface area contributed by atoms with Crippen LogP contribution in [-0.4, -0.2) is 10.9 Å². The summed E-state index contributed by atoms with van der Waals surface area (Å²) in [5.41, 5.74) is 5.36. The average Bonchev–Trinajstić information content (AvgIpc) is 2.95. The molecule has 0 saturated heterocycles. The molecule has 3 N–H and O–H groups in total. The van der Waals surface area contributed by atoms with E-state index in [1.165, 1.54) is 230 Å².